The molecule has 3 rings (SSSR count). The third-order valence-corrected chi connectivity index (χ3v) is 4.62. The van der Waals surface area contributed by atoms with Crippen molar-refractivity contribution < 1.29 is 14.3 Å². The van der Waals surface area contributed by atoms with E-state index in [2.05, 4.69) is 26.0 Å². The van der Waals surface area contributed by atoms with E-state index in [1.165, 1.54) is 14.0 Å². The van der Waals surface area contributed by atoms with Gasteiger partial charge in [-0.15, -0.1) is 0 Å². The number of fused-ring (bicyclic) bond motifs is 1. The number of benzene rings is 1. The average Bonchev–Trinajstić information content (AvgIpc) is 2.84. The fourth-order valence-electron chi connectivity index (χ4n) is 2.09. The van der Waals surface area contributed by atoms with E-state index in [-0.39, 0.29) is 16.3 Å². The summed E-state index contributed by atoms with van der Waals surface area (Å²) in [5, 5.41) is 3.77. The lowest BCUT2D eigenvalue weighted by Crippen LogP contribution is -2.25. The van der Waals surface area contributed by atoms with Crippen LogP contribution in [0.3, 0.4) is 0 Å². The Kier molecular flexibility index (Phi) is 4.64. The normalized spacial score (nSPS) is 11.7. The molecule has 10 heteroatoms. The van der Waals surface area contributed by atoms with E-state index in [9.17, 15) is 14.4 Å². The number of ether oxygens (including phenoxy) is 2. The smallest absolute Gasteiger partial charge is 0.308 e. The SMILES string of the molecule is COc1cc(C=c2sc3nc(=O)cnn3c2=O)cc(Br)c1OC(C)=O. The Balaban J connectivity index is 2.17. The molecule has 0 fully saturated rings. The van der Waals surface area contributed by atoms with Crippen LogP contribution in [0, 0.1) is 0 Å². The topological polar surface area (TPSA) is 99.9 Å². The number of nitrogens with zero attached hydrogens (tertiary/aromatic N) is 3. The fourth-order valence-corrected chi connectivity index (χ4v) is 3.55. The summed E-state index contributed by atoms with van der Waals surface area (Å²) in [6.07, 6.45) is 2.59. The van der Waals surface area contributed by atoms with Gasteiger partial charge in [-0.1, -0.05) is 11.3 Å². The van der Waals surface area contributed by atoms with Gasteiger partial charge in [-0.3, -0.25) is 14.4 Å². The van der Waals surface area contributed by atoms with Crippen molar-refractivity contribution in [3.8, 4) is 11.5 Å². The standard InChI is InChI=1S/C15H10BrN3O5S/c1-7(20)24-13-9(16)3-8(4-10(13)23-2)5-11-14(22)19-15(25-11)18-12(21)6-17-19/h3-6H,1-2H3. The number of aromatic nitrogens is 3. The minimum Gasteiger partial charge on any atom is -0.493 e. The van der Waals surface area contributed by atoms with Crippen molar-refractivity contribution in [2.24, 2.45) is 0 Å². The maximum absolute atomic E-state index is 12.3. The minimum absolute atomic E-state index is 0.214. The molecule has 8 nitrogen and oxygen atoms in total. The molecule has 2 aromatic heterocycles. The zero-order valence-corrected chi connectivity index (χ0v) is 15.4. The van der Waals surface area contributed by atoms with Crippen molar-refractivity contribution in [1.82, 2.24) is 14.6 Å². The second kappa shape index (κ2) is 6.73. The van der Waals surface area contributed by atoms with Gasteiger partial charge in [0.2, 0.25) is 4.96 Å². The molecule has 3 aromatic rings. The summed E-state index contributed by atoms with van der Waals surface area (Å²) in [7, 11) is 1.44. The molecule has 0 unspecified atom stereocenters. The first-order valence-corrected chi connectivity index (χ1v) is 8.46. The molecular formula is C15H10BrN3O5S. The highest BCUT2D eigenvalue weighted by atomic mass is 79.9. The number of hydrogen-bond acceptors (Lipinski definition) is 8. The Labute approximate surface area is 152 Å². The van der Waals surface area contributed by atoms with E-state index in [0.29, 0.717) is 20.3 Å². The molecule has 1 aromatic carbocycles. The van der Waals surface area contributed by atoms with E-state index in [4.69, 9.17) is 9.47 Å². The Morgan fingerprint density at radius 3 is 2.80 bits per heavy atom. The summed E-state index contributed by atoms with van der Waals surface area (Å²) >= 11 is 4.37. The van der Waals surface area contributed by atoms with Crippen LogP contribution in [-0.4, -0.2) is 27.7 Å². The summed E-state index contributed by atoms with van der Waals surface area (Å²) in [5.74, 6) is 0.0960. The molecule has 0 bridgehead atoms. The number of methoxy groups -OCH3 is 1. The van der Waals surface area contributed by atoms with Crippen molar-refractivity contribution in [3.05, 3.63) is 53.6 Å². The Morgan fingerprint density at radius 2 is 2.12 bits per heavy atom. The quantitative estimate of drug-likeness (QED) is 0.452. The zero-order valence-electron chi connectivity index (χ0n) is 13.0. The highest BCUT2D eigenvalue weighted by Gasteiger charge is 2.13. The minimum atomic E-state index is -0.511. The van der Waals surface area contributed by atoms with E-state index in [0.717, 1.165) is 22.0 Å². The van der Waals surface area contributed by atoms with Crippen LogP contribution >= 0.6 is 27.3 Å². The van der Waals surface area contributed by atoms with Gasteiger partial charge >= 0.3 is 5.97 Å². The maximum Gasteiger partial charge on any atom is 0.308 e. The molecule has 0 atom stereocenters. The first-order chi connectivity index (χ1) is 11.9. The average molecular weight is 424 g/mol. The number of esters is 1. The summed E-state index contributed by atoms with van der Waals surface area (Å²) in [6.45, 7) is 1.29. The molecule has 0 radical (unpaired) electrons. The monoisotopic (exact) mass is 423 g/mol. The molecular weight excluding hydrogens is 414 g/mol. The number of rotatable bonds is 3. The van der Waals surface area contributed by atoms with Gasteiger partial charge in [0.05, 0.1) is 16.1 Å². The van der Waals surface area contributed by atoms with Gasteiger partial charge in [-0.05, 0) is 39.7 Å². The lowest BCUT2D eigenvalue weighted by atomic mass is 10.2. The predicted octanol–water partition coefficient (Wildman–Crippen LogP) is 0.755. The van der Waals surface area contributed by atoms with Gasteiger partial charge < -0.3 is 9.47 Å². The second-order valence-corrected chi connectivity index (χ2v) is 6.70. The van der Waals surface area contributed by atoms with Crippen molar-refractivity contribution in [2.75, 3.05) is 7.11 Å². The highest BCUT2D eigenvalue weighted by Crippen LogP contribution is 2.36. The van der Waals surface area contributed by atoms with Crippen LogP contribution in [0.2, 0.25) is 0 Å². The molecule has 128 valence electrons. The first-order valence-electron chi connectivity index (χ1n) is 6.85. The van der Waals surface area contributed by atoms with Crippen molar-refractivity contribution in [1.29, 1.82) is 0 Å². The second-order valence-electron chi connectivity index (χ2n) is 4.83. The van der Waals surface area contributed by atoms with Gasteiger partial charge in [0.15, 0.2) is 11.5 Å². The van der Waals surface area contributed by atoms with Crippen LogP contribution in [0.4, 0.5) is 0 Å². The molecule has 0 aliphatic rings. The number of thiazole rings is 1. The molecule has 0 saturated carbocycles. The third-order valence-electron chi connectivity index (χ3n) is 3.07. The molecule has 2 heterocycles. The van der Waals surface area contributed by atoms with E-state index in [1.54, 1.807) is 18.2 Å². The Hall–Kier alpha value is -2.59. The molecule has 25 heavy (non-hydrogen) atoms. The van der Waals surface area contributed by atoms with Crippen molar-refractivity contribution >= 4 is 44.3 Å². The number of halogens is 1. The van der Waals surface area contributed by atoms with Crippen LogP contribution in [-0.2, 0) is 4.79 Å². The number of hydrogen-bond donors (Lipinski definition) is 0. The lowest BCUT2D eigenvalue weighted by Gasteiger charge is -2.10. The molecule has 0 saturated heterocycles. The van der Waals surface area contributed by atoms with Crippen LogP contribution < -0.4 is 25.1 Å². The van der Waals surface area contributed by atoms with Gasteiger partial charge in [-0.2, -0.15) is 14.6 Å². The van der Waals surface area contributed by atoms with Crippen LogP contribution in [0.5, 0.6) is 11.5 Å². The third kappa shape index (κ3) is 3.44. The first kappa shape index (κ1) is 17.2. The summed E-state index contributed by atoms with van der Waals surface area (Å²) < 4.78 is 12.3. The van der Waals surface area contributed by atoms with Gasteiger partial charge in [0.1, 0.15) is 6.20 Å². The Morgan fingerprint density at radius 1 is 1.36 bits per heavy atom. The molecule has 0 spiro atoms. The number of carbonyl (C=O) groups is 1. The summed E-state index contributed by atoms with van der Waals surface area (Å²) in [4.78, 5) is 38.7. The van der Waals surface area contributed by atoms with E-state index in [1.807, 2.05) is 0 Å². The van der Waals surface area contributed by atoms with Gasteiger partial charge in [0, 0.05) is 6.92 Å². The van der Waals surface area contributed by atoms with Crippen molar-refractivity contribution in [2.45, 2.75) is 6.92 Å². The highest BCUT2D eigenvalue weighted by molar-refractivity contribution is 9.10. The van der Waals surface area contributed by atoms with Crippen LogP contribution in [0.15, 0.2) is 32.4 Å². The molecule has 0 aliphatic heterocycles. The molecule has 0 aliphatic carbocycles. The molecule has 0 N–H and O–H groups in total. The summed E-state index contributed by atoms with van der Waals surface area (Å²) in [5.41, 5.74) is -0.263. The van der Waals surface area contributed by atoms with Crippen LogP contribution in [0.1, 0.15) is 12.5 Å². The zero-order chi connectivity index (χ0) is 18.1. The van der Waals surface area contributed by atoms with E-state index < -0.39 is 11.5 Å². The summed E-state index contributed by atoms with van der Waals surface area (Å²) in [6, 6.07) is 3.30. The van der Waals surface area contributed by atoms with Gasteiger partial charge in [0.25, 0.3) is 11.1 Å². The lowest BCUT2D eigenvalue weighted by molar-refractivity contribution is -0.132. The Bertz CT molecular complexity index is 1150. The predicted molar refractivity (Wildman–Crippen MR) is 94.2 cm³/mol. The maximum atomic E-state index is 12.3. The fraction of sp³-hybridized carbons (Fsp3) is 0.133. The molecule has 0 amide bonds. The van der Waals surface area contributed by atoms with Crippen molar-refractivity contribution in [3.63, 3.8) is 0 Å². The number of carbonyl (C=O) groups excluding carboxylic acids is 1. The largest absolute Gasteiger partial charge is 0.493 e. The van der Waals surface area contributed by atoms with Gasteiger partial charge in [-0.25, -0.2) is 0 Å². The van der Waals surface area contributed by atoms with E-state index >= 15 is 0 Å². The van der Waals surface area contributed by atoms with Crippen LogP contribution in [0.25, 0.3) is 11.0 Å².